The average Bonchev–Trinajstić information content (AvgIpc) is 4.02. The molecule has 1 unspecified atom stereocenters. The number of H-pyrrole nitrogens is 1. The number of carbonyl (C=O) groups excluding carboxylic acids is 4. The van der Waals surface area contributed by atoms with Crippen LogP contribution in [-0.2, 0) is 31.1 Å². The van der Waals surface area contributed by atoms with Gasteiger partial charge in [-0.15, -0.1) is 0 Å². The Morgan fingerprint density at radius 1 is 0.879 bits per heavy atom. The Hall–Kier alpha value is -6.35. The highest BCUT2D eigenvalue weighted by Crippen LogP contribution is 2.34. The number of pyridine rings is 1. The number of nitrogens with zero attached hydrogens (tertiary/aromatic N) is 6. The molecular weight excluding hydrogens is 880 g/mol. The Morgan fingerprint density at radius 3 is 2.39 bits per heavy atom. The van der Waals surface area contributed by atoms with E-state index in [9.17, 15) is 32.0 Å². The Kier molecular flexibility index (Phi) is 11.5. The van der Waals surface area contributed by atoms with Crippen molar-refractivity contribution < 1.29 is 45.5 Å². The number of carbonyl (C=O) groups is 4. The summed E-state index contributed by atoms with van der Waals surface area (Å²) in [6.07, 6.45) is 2.24. The second-order valence-corrected chi connectivity index (χ2v) is 19.0. The number of piperazine rings is 1. The lowest BCUT2D eigenvalue weighted by Gasteiger charge is -2.41. The minimum absolute atomic E-state index is 0.000400. The van der Waals surface area contributed by atoms with Crippen LogP contribution in [0.3, 0.4) is 0 Å². The van der Waals surface area contributed by atoms with Gasteiger partial charge in [0.05, 0.1) is 24.0 Å². The number of nitrogens with one attached hydrogen (secondary N) is 3. The van der Waals surface area contributed by atoms with Crippen LogP contribution in [0.1, 0.15) is 51.1 Å². The molecule has 5 aliphatic heterocycles. The molecule has 4 saturated heterocycles. The van der Waals surface area contributed by atoms with Crippen LogP contribution in [0, 0.1) is 11.6 Å². The highest BCUT2D eigenvalue weighted by molar-refractivity contribution is 7.90. The van der Waals surface area contributed by atoms with E-state index >= 15 is 8.78 Å². The SMILES string of the molecule is O=C1CCC(N2Cc3cc(N4CCN(CCOC5CN(c6ccc(-c7cnc8[nH]cc(C(=O)c9c(F)ccc(NS(=O)(=O)N%10CC[C@@H](F)C%10)c9F)c8c7)cc6)C5)CC4)ccc3C2=O)C(=O)N1. The first-order valence-electron chi connectivity index (χ1n) is 21.9. The number of imide groups is 1. The summed E-state index contributed by atoms with van der Waals surface area (Å²) in [5.74, 6) is -4.47. The monoisotopic (exact) mass is 925 g/mol. The zero-order chi connectivity index (χ0) is 45.9. The van der Waals surface area contributed by atoms with Gasteiger partial charge in [0.25, 0.3) is 5.91 Å². The lowest BCUT2D eigenvalue weighted by molar-refractivity contribution is -0.136. The van der Waals surface area contributed by atoms with Gasteiger partial charge in [-0.25, -0.2) is 18.2 Å². The maximum atomic E-state index is 15.7. The molecule has 0 saturated carbocycles. The number of hydrogen-bond donors (Lipinski definition) is 3. The fourth-order valence-electron chi connectivity index (χ4n) is 9.39. The van der Waals surface area contributed by atoms with E-state index in [1.807, 2.05) is 47.2 Å². The molecule has 0 bridgehead atoms. The van der Waals surface area contributed by atoms with Gasteiger partial charge in [0, 0.05) is 118 Å². The molecule has 10 rings (SSSR count). The molecular formula is C46H46F3N9O7S. The van der Waals surface area contributed by atoms with Gasteiger partial charge in [-0.1, -0.05) is 12.1 Å². The van der Waals surface area contributed by atoms with E-state index in [4.69, 9.17) is 4.74 Å². The number of aromatic nitrogens is 2. The van der Waals surface area contributed by atoms with Crippen molar-refractivity contribution in [2.75, 3.05) is 80.0 Å². The van der Waals surface area contributed by atoms with E-state index in [2.05, 4.69) is 30.0 Å². The van der Waals surface area contributed by atoms with Crippen LogP contribution in [0.4, 0.5) is 30.2 Å². The Labute approximate surface area is 377 Å². The summed E-state index contributed by atoms with van der Waals surface area (Å²) in [7, 11) is -4.36. The Morgan fingerprint density at radius 2 is 1.65 bits per heavy atom. The third-order valence-electron chi connectivity index (χ3n) is 13.2. The summed E-state index contributed by atoms with van der Waals surface area (Å²) in [6, 6.07) is 16.4. The minimum atomic E-state index is -4.36. The van der Waals surface area contributed by atoms with Crippen molar-refractivity contribution in [2.45, 2.75) is 44.1 Å². The van der Waals surface area contributed by atoms with Crippen LogP contribution in [0.25, 0.3) is 22.2 Å². The number of alkyl halides is 1. The summed E-state index contributed by atoms with van der Waals surface area (Å²) in [6.45, 7) is 6.16. The molecule has 2 aromatic heterocycles. The number of ketones is 1. The second kappa shape index (κ2) is 17.5. The number of amides is 3. The van der Waals surface area contributed by atoms with E-state index in [0.717, 1.165) is 84.8 Å². The summed E-state index contributed by atoms with van der Waals surface area (Å²) in [5.41, 5.74) is 3.70. The van der Waals surface area contributed by atoms with E-state index < -0.39 is 63.5 Å². The summed E-state index contributed by atoms with van der Waals surface area (Å²) in [5, 5.41) is 2.67. The number of halogens is 3. The number of anilines is 3. The molecule has 344 valence electrons. The van der Waals surface area contributed by atoms with Crippen molar-refractivity contribution in [1.29, 1.82) is 0 Å². The quantitative estimate of drug-likeness (QED) is 0.114. The fourth-order valence-corrected chi connectivity index (χ4v) is 10.7. The highest BCUT2D eigenvalue weighted by atomic mass is 32.2. The fraction of sp³-hybridized carbons (Fsp3) is 0.370. The first-order chi connectivity index (χ1) is 31.8. The molecule has 4 fully saturated rings. The molecule has 0 aliphatic carbocycles. The smallest absolute Gasteiger partial charge is 0.301 e. The lowest BCUT2D eigenvalue weighted by Crippen LogP contribution is -2.53. The van der Waals surface area contributed by atoms with Gasteiger partial charge in [0.15, 0.2) is 5.82 Å². The van der Waals surface area contributed by atoms with Crippen LogP contribution in [0.15, 0.2) is 73.1 Å². The zero-order valence-corrected chi connectivity index (χ0v) is 36.5. The normalized spacial score (nSPS) is 20.8. The molecule has 2 atom stereocenters. The van der Waals surface area contributed by atoms with Crippen molar-refractivity contribution in [3.8, 4) is 11.1 Å². The lowest BCUT2D eigenvalue weighted by atomic mass is 9.99. The largest absolute Gasteiger partial charge is 0.373 e. The van der Waals surface area contributed by atoms with E-state index in [0.29, 0.717) is 41.7 Å². The highest BCUT2D eigenvalue weighted by Gasteiger charge is 2.40. The molecule has 16 nitrogen and oxygen atoms in total. The van der Waals surface area contributed by atoms with E-state index in [-0.39, 0.29) is 42.9 Å². The summed E-state index contributed by atoms with van der Waals surface area (Å²) in [4.78, 5) is 66.7. The number of rotatable bonds is 13. The van der Waals surface area contributed by atoms with Gasteiger partial charge in [0.2, 0.25) is 17.6 Å². The molecule has 66 heavy (non-hydrogen) atoms. The van der Waals surface area contributed by atoms with Crippen LogP contribution in [0.2, 0.25) is 0 Å². The van der Waals surface area contributed by atoms with Gasteiger partial charge >= 0.3 is 10.2 Å². The summed E-state index contributed by atoms with van der Waals surface area (Å²) < 4.78 is 79.2. The zero-order valence-electron chi connectivity index (χ0n) is 35.6. The third kappa shape index (κ3) is 8.37. The van der Waals surface area contributed by atoms with Crippen LogP contribution in [0.5, 0.6) is 0 Å². The van der Waals surface area contributed by atoms with Crippen LogP contribution >= 0.6 is 0 Å². The Balaban J connectivity index is 0.698. The minimum Gasteiger partial charge on any atom is -0.373 e. The maximum absolute atomic E-state index is 15.7. The van der Waals surface area contributed by atoms with Gasteiger partial charge in [-0.05, 0) is 72.5 Å². The van der Waals surface area contributed by atoms with E-state index in [1.54, 1.807) is 17.2 Å². The number of fused-ring (bicyclic) bond motifs is 2. The second-order valence-electron chi connectivity index (χ2n) is 17.3. The van der Waals surface area contributed by atoms with Crippen molar-refractivity contribution in [3.05, 3.63) is 107 Å². The van der Waals surface area contributed by atoms with Crippen LogP contribution in [-0.4, -0.2) is 140 Å². The number of hydrogen-bond acceptors (Lipinski definition) is 11. The molecule has 7 heterocycles. The number of ether oxygens (including phenoxy) is 1. The average molecular weight is 926 g/mol. The number of aromatic amines is 1. The van der Waals surface area contributed by atoms with Gasteiger partial charge in [-0.2, -0.15) is 12.7 Å². The number of benzene rings is 3. The van der Waals surface area contributed by atoms with Crippen molar-refractivity contribution >= 4 is 61.8 Å². The number of piperidine rings is 1. The predicted octanol–water partition coefficient (Wildman–Crippen LogP) is 4.23. The third-order valence-corrected chi connectivity index (χ3v) is 14.7. The molecule has 20 heteroatoms. The molecule has 3 amide bonds. The molecule has 3 aromatic carbocycles. The van der Waals surface area contributed by atoms with Gasteiger partial charge in [-0.3, -0.25) is 34.1 Å². The predicted molar refractivity (Wildman–Crippen MR) is 238 cm³/mol. The Bertz CT molecular complexity index is 2870. The summed E-state index contributed by atoms with van der Waals surface area (Å²) >= 11 is 0. The molecule has 0 radical (unpaired) electrons. The van der Waals surface area contributed by atoms with Gasteiger partial charge in [0.1, 0.15) is 23.7 Å². The molecule has 0 spiro atoms. The first kappa shape index (κ1) is 43.5. The standard InChI is InChI=1S/C46H46F3N9O7S/c47-30-11-12-57(24-30)66(63,64)53-38-8-7-37(48)41(42(38)49)43(60)36-22-51-44-35(36)20-28(21-50-44)27-1-3-31(4-2-27)56-25-33(26-56)65-18-17-54-13-15-55(16-14-54)32-5-6-34-29(19-32)23-58(46(34)62)39-9-10-40(59)52-45(39)61/h1-8,19-22,30,33,39,53H,9-18,23-26H2,(H,50,51)(H,52,59,61)/t30-,39?/m1/s1. The molecule has 3 N–H and O–H groups in total. The first-order valence-corrected chi connectivity index (χ1v) is 23.4. The van der Waals surface area contributed by atoms with E-state index in [1.165, 1.54) is 6.20 Å². The van der Waals surface area contributed by atoms with Crippen molar-refractivity contribution in [1.82, 2.24) is 29.4 Å². The molecule has 5 aliphatic rings. The van der Waals surface area contributed by atoms with Crippen molar-refractivity contribution in [3.63, 3.8) is 0 Å². The maximum Gasteiger partial charge on any atom is 0.301 e. The topological polar surface area (TPSA) is 181 Å². The van der Waals surface area contributed by atoms with Crippen LogP contribution < -0.4 is 19.8 Å². The molecule has 5 aromatic rings. The van der Waals surface area contributed by atoms with Gasteiger partial charge < -0.3 is 24.4 Å². The van der Waals surface area contributed by atoms with Crippen molar-refractivity contribution in [2.24, 2.45) is 0 Å².